The second-order valence-corrected chi connectivity index (χ2v) is 7.36. The summed E-state index contributed by atoms with van der Waals surface area (Å²) in [7, 11) is 0. The van der Waals surface area contributed by atoms with E-state index in [1.165, 1.54) is 0 Å². The van der Waals surface area contributed by atoms with Crippen LogP contribution in [0.1, 0.15) is 19.1 Å². The third-order valence-electron chi connectivity index (χ3n) is 4.44. The lowest BCUT2D eigenvalue weighted by molar-refractivity contribution is -0.117. The van der Waals surface area contributed by atoms with Gasteiger partial charge in [0.2, 0.25) is 11.8 Å². The summed E-state index contributed by atoms with van der Waals surface area (Å²) in [6.45, 7) is 3.67. The number of thioether (sulfide) groups is 1. The standard InChI is InChI=1S/C19H18N4O4S/c1-11-9-16(24)20-14-5-3-4-6-15(14)23(11)17(25)10-28-19-22-21-18(27-19)13-7-8-26-12(13)2/h3-8,11H,9-10H2,1-2H3,(H,20,24). The molecule has 2 amide bonds. The summed E-state index contributed by atoms with van der Waals surface area (Å²) >= 11 is 1.16. The lowest BCUT2D eigenvalue weighted by Crippen LogP contribution is -2.40. The van der Waals surface area contributed by atoms with E-state index >= 15 is 0 Å². The molecule has 0 fully saturated rings. The highest BCUT2D eigenvalue weighted by Crippen LogP contribution is 2.32. The van der Waals surface area contributed by atoms with E-state index in [1.807, 2.05) is 32.0 Å². The van der Waals surface area contributed by atoms with Crippen LogP contribution in [0.25, 0.3) is 11.5 Å². The van der Waals surface area contributed by atoms with Crippen LogP contribution in [0.15, 0.2) is 50.7 Å². The third kappa shape index (κ3) is 3.53. The Morgan fingerprint density at radius 1 is 1.32 bits per heavy atom. The van der Waals surface area contributed by atoms with Crippen molar-refractivity contribution < 1.29 is 18.4 Å². The molecule has 3 aromatic rings. The van der Waals surface area contributed by atoms with Gasteiger partial charge in [-0.25, -0.2) is 0 Å². The number of nitrogens with one attached hydrogen (secondary N) is 1. The van der Waals surface area contributed by atoms with Crippen molar-refractivity contribution in [1.82, 2.24) is 10.2 Å². The van der Waals surface area contributed by atoms with Gasteiger partial charge in [0.15, 0.2) is 0 Å². The Kier molecular flexibility index (Phi) is 4.91. The minimum absolute atomic E-state index is 0.110. The summed E-state index contributed by atoms with van der Waals surface area (Å²) in [5.41, 5.74) is 2.04. The summed E-state index contributed by atoms with van der Waals surface area (Å²) < 4.78 is 10.9. The van der Waals surface area contributed by atoms with Crippen LogP contribution in [0.4, 0.5) is 11.4 Å². The van der Waals surface area contributed by atoms with Gasteiger partial charge in [-0.05, 0) is 32.0 Å². The summed E-state index contributed by atoms with van der Waals surface area (Å²) in [4.78, 5) is 26.7. The van der Waals surface area contributed by atoms with Crippen LogP contribution in [0.2, 0.25) is 0 Å². The molecule has 1 aliphatic rings. The molecule has 4 rings (SSSR count). The third-order valence-corrected chi connectivity index (χ3v) is 5.25. The number of amides is 2. The van der Waals surface area contributed by atoms with Crippen LogP contribution < -0.4 is 10.2 Å². The number of fused-ring (bicyclic) bond motifs is 1. The number of anilines is 2. The van der Waals surface area contributed by atoms with Gasteiger partial charge < -0.3 is 19.1 Å². The zero-order valence-corrected chi connectivity index (χ0v) is 16.2. The van der Waals surface area contributed by atoms with Gasteiger partial charge in [-0.3, -0.25) is 9.59 Å². The Bertz CT molecular complexity index is 1030. The van der Waals surface area contributed by atoms with E-state index in [9.17, 15) is 9.59 Å². The number of furan rings is 1. The Hall–Kier alpha value is -3.07. The van der Waals surface area contributed by atoms with Gasteiger partial charge >= 0.3 is 0 Å². The van der Waals surface area contributed by atoms with Gasteiger partial charge in [0.1, 0.15) is 5.76 Å². The number of aryl methyl sites for hydroxylation is 1. The number of carbonyl (C=O) groups is 2. The molecule has 28 heavy (non-hydrogen) atoms. The number of rotatable bonds is 4. The Morgan fingerprint density at radius 2 is 2.14 bits per heavy atom. The van der Waals surface area contributed by atoms with Crippen molar-refractivity contribution in [1.29, 1.82) is 0 Å². The van der Waals surface area contributed by atoms with Gasteiger partial charge in [-0.1, -0.05) is 23.9 Å². The van der Waals surface area contributed by atoms with Crippen LogP contribution in [-0.4, -0.2) is 33.8 Å². The lowest BCUT2D eigenvalue weighted by Gasteiger charge is -2.27. The highest BCUT2D eigenvalue weighted by atomic mass is 32.2. The fraction of sp³-hybridized carbons (Fsp3) is 0.263. The van der Waals surface area contributed by atoms with Crippen molar-refractivity contribution in [2.75, 3.05) is 16.0 Å². The number of hydrogen-bond acceptors (Lipinski definition) is 7. The normalized spacial score (nSPS) is 16.4. The SMILES string of the molecule is Cc1occc1-c1nnc(SCC(=O)N2c3ccccc3NC(=O)CC2C)o1. The molecule has 3 heterocycles. The Balaban J connectivity index is 1.50. The van der Waals surface area contributed by atoms with Crippen LogP contribution in [0.3, 0.4) is 0 Å². The number of hydrogen-bond donors (Lipinski definition) is 1. The molecular formula is C19H18N4O4S. The van der Waals surface area contributed by atoms with Crippen LogP contribution in [0.5, 0.6) is 0 Å². The summed E-state index contributed by atoms with van der Waals surface area (Å²) in [6.07, 6.45) is 1.79. The summed E-state index contributed by atoms with van der Waals surface area (Å²) in [6, 6.07) is 8.77. The maximum absolute atomic E-state index is 13.0. The highest BCUT2D eigenvalue weighted by molar-refractivity contribution is 7.99. The van der Waals surface area contributed by atoms with Gasteiger partial charge in [0, 0.05) is 12.5 Å². The molecule has 8 nitrogen and oxygen atoms in total. The molecule has 9 heteroatoms. The minimum Gasteiger partial charge on any atom is -0.469 e. The van der Waals surface area contributed by atoms with E-state index in [2.05, 4.69) is 15.5 Å². The smallest absolute Gasteiger partial charge is 0.277 e. The van der Waals surface area contributed by atoms with Gasteiger partial charge in [0.05, 0.1) is 29.0 Å². The molecule has 1 unspecified atom stereocenters. The fourth-order valence-corrected chi connectivity index (χ4v) is 3.77. The number of para-hydroxylation sites is 2. The molecule has 0 saturated heterocycles. The summed E-state index contributed by atoms with van der Waals surface area (Å²) in [5, 5.41) is 11.1. The molecule has 144 valence electrons. The van der Waals surface area contributed by atoms with E-state index in [0.29, 0.717) is 28.2 Å². The van der Waals surface area contributed by atoms with Gasteiger partial charge in [0.25, 0.3) is 11.1 Å². The first-order valence-corrected chi connectivity index (χ1v) is 9.73. The molecule has 0 aliphatic carbocycles. The second-order valence-electron chi connectivity index (χ2n) is 6.43. The minimum atomic E-state index is -0.261. The number of aromatic nitrogens is 2. The highest BCUT2D eigenvalue weighted by Gasteiger charge is 2.29. The first kappa shape index (κ1) is 18.3. The molecule has 0 spiro atoms. The Labute approximate surface area is 165 Å². The van der Waals surface area contributed by atoms with Crippen molar-refractivity contribution in [2.45, 2.75) is 31.5 Å². The monoisotopic (exact) mass is 398 g/mol. The number of benzene rings is 1. The molecule has 1 aromatic carbocycles. The van der Waals surface area contributed by atoms with E-state index < -0.39 is 0 Å². The zero-order chi connectivity index (χ0) is 19.7. The van der Waals surface area contributed by atoms with Gasteiger partial charge in [-0.15, -0.1) is 10.2 Å². The predicted molar refractivity (Wildman–Crippen MR) is 104 cm³/mol. The van der Waals surface area contributed by atoms with Gasteiger partial charge in [-0.2, -0.15) is 0 Å². The fourth-order valence-electron chi connectivity index (χ4n) is 3.14. The molecule has 1 aliphatic heterocycles. The van der Waals surface area contributed by atoms with Crippen LogP contribution in [0, 0.1) is 6.92 Å². The molecule has 1 N–H and O–H groups in total. The average molecular weight is 398 g/mol. The Morgan fingerprint density at radius 3 is 2.93 bits per heavy atom. The number of carbonyl (C=O) groups excluding carboxylic acids is 2. The van der Waals surface area contributed by atoms with Crippen molar-refractivity contribution >= 4 is 35.0 Å². The quantitative estimate of drug-likeness (QED) is 0.671. The second kappa shape index (κ2) is 7.51. The summed E-state index contributed by atoms with van der Waals surface area (Å²) in [5.74, 6) is 0.896. The van der Waals surface area contributed by atoms with Crippen molar-refractivity contribution in [2.24, 2.45) is 0 Å². The van der Waals surface area contributed by atoms with Crippen molar-refractivity contribution in [3.63, 3.8) is 0 Å². The predicted octanol–water partition coefficient (Wildman–Crippen LogP) is 3.49. The largest absolute Gasteiger partial charge is 0.469 e. The number of nitrogens with zero attached hydrogens (tertiary/aromatic N) is 3. The molecule has 0 radical (unpaired) electrons. The van der Waals surface area contributed by atoms with E-state index in [4.69, 9.17) is 8.83 Å². The van der Waals surface area contributed by atoms with Crippen LogP contribution >= 0.6 is 11.8 Å². The molecule has 0 saturated carbocycles. The first-order valence-electron chi connectivity index (χ1n) is 8.74. The lowest BCUT2D eigenvalue weighted by atomic mass is 10.2. The van der Waals surface area contributed by atoms with E-state index in [1.54, 1.807) is 23.3 Å². The van der Waals surface area contributed by atoms with E-state index in [0.717, 1.165) is 17.3 Å². The molecular weight excluding hydrogens is 380 g/mol. The molecule has 0 bridgehead atoms. The maximum atomic E-state index is 13.0. The molecule has 2 aromatic heterocycles. The van der Waals surface area contributed by atoms with Crippen LogP contribution in [-0.2, 0) is 9.59 Å². The zero-order valence-electron chi connectivity index (χ0n) is 15.3. The van der Waals surface area contributed by atoms with Crippen molar-refractivity contribution in [3.05, 3.63) is 42.4 Å². The first-order chi connectivity index (χ1) is 13.5. The maximum Gasteiger partial charge on any atom is 0.277 e. The topological polar surface area (TPSA) is 101 Å². The average Bonchev–Trinajstić information content (AvgIpc) is 3.27. The van der Waals surface area contributed by atoms with Crippen molar-refractivity contribution in [3.8, 4) is 11.5 Å². The molecule has 1 atom stereocenters. The van der Waals surface area contributed by atoms with E-state index in [-0.39, 0.29) is 30.0 Å².